The predicted octanol–water partition coefficient (Wildman–Crippen LogP) is 2.43. The van der Waals surface area contributed by atoms with Crippen LogP contribution in [0.2, 0.25) is 0 Å². The van der Waals surface area contributed by atoms with E-state index in [4.69, 9.17) is 5.11 Å². The smallest absolute Gasteiger partial charge is 0.303 e. The summed E-state index contributed by atoms with van der Waals surface area (Å²) < 4.78 is 14.6. The lowest BCUT2D eigenvalue weighted by molar-refractivity contribution is -0.137. The molecule has 1 aromatic rings. The van der Waals surface area contributed by atoms with E-state index < -0.39 is 11.9 Å². The summed E-state index contributed by atoms with van der Waals surface area (Å²) in [6.45, 7) is 1.39. The molecular weight excluding hydrogens is 339 g/mol. The number of carbonyl (C=O) groups excluding carboxylic acids is 2. The van der Waals surface area contributed by atoms with Crippen LogP contribution in [0.25, 0.3) is 0 Å². The monoisotopic (exact) mass is 362 g/mol. The molecule has 140 valence electrons. The van der Waals surface area contributed by atoms with E-state index >= 15 is 0 Å². The quantitative estimate of drug-likeness (QED) is 0.786. The molecule has 0 bridgehead atoms. The Labute approximate surface area is 151 Å². The van der Waals surface area contributed by atoms with Crippen molar-refractivity contribution >= 4 is 23.5 Å². The third-order valence-corrected chi connectivity index (χ3v) is 5.33. The highest BCUT2D eigenvalue weighted by Crippen LogP contribution is 2.31. The van der Waals surface area contributed by atoms with Crippen molar-refractivity contribution < 1.29 is 23.9 Å². The first-order chi connectivity index (χ1) is 12.4. The van der Waals surface area contributed by atoms with Crippen molar-refractivity contribution in [3.05, 3.63) is 29.6 Å². The van der Waals surface area contributed by atoms with Crippen molar-refractivity contribution in [3.63, 3.8) is 0 Å². The van der Waals surface area contributed by atoms with Gasteiger partial charge < -0.3 is 10.0 Å². The van der Waals surface area contributed by atoms with E-state index in [0.717, 1.165) is 12.8 Å². The van der Waals surface area contributed by atoms with Gasteiger partial charge in [-0.05, 0) is 49.3 Å². The molecule has 2 heterocycles. The number of benzene rings is 1. The molecule has 2 saturated heterocycles. The zero-order valence-electron chi connectivity index (χ0n) is 14.5. The van der Waals surface area contributed by atoms with Gasteiger partial charge in [0, 0.05) is 25.9 Å². The van der Waals surface area contributed by atoms with Gasteiger partial charge in [0.15, 0.2) is 0 Å². The van der Waals surface area contributed by atoms with Crippen LogP contribution in [0.3, 0.4) is 0 Å². The van der Waals surface area contributed by atoms with Gasteiger partial charge in [-0.25, -0.2) is 4.39 Å². The molecule has 2 N–H and O–H groups in total. The number of piperidine rings is 2. The van der Waals surface area contributed by atoms with Crippen LogP contribution >= 0.6 is 0 Å². The van der Waals surface area contributed by atoms with Crippen LogP contribution in [-0.2, 0) is 14.4 Å². The van der Waals surface area contributed by atoms with Crippen molar-refractivity contribution in [1.82, 2.24) is 5.32 Å². The summed E-state index contributed by atoms with van der Waals surface area (Å²) in [5.41, 5.74) is 1.10. The van der Waals surface area contributed by atoms with Gasteiger partial charge in [-0.2, -0.15) is 0 Å². The maximum absolute atomic E-state index is 14.6. The number of imide groups is 1. The Morgan fingerprint density at radius 3 is 2.58 bits per heavy atom. The summed E-state index contributed by atoms with van der Waals surface area (Å²) in [6.07, 6.45) is 3.21. The molecule has 0 aromatic heterocycles. The van der Waals surface area contributed by atoms with E-state index in [1.807, 2.05) is 4.90 Å². The number of hydrogen-bond acceptors (Lipinski definition) is 4. The second-order valence-electron chi connectivity index (χ2n) is 7.08. The van der Waals surface area contributed by atoms with Crippen LogP contribution < -0.4 is 10.2 Å². The van der Waals surface area contributed by atoms with Crippen LogP contribution in [0.5, 0.6) is 0 Å². The average Bonchev–Trinajstić information content (AvgIpc) is 2.60. The highest BCUT2D eigenvalue weighted by molar-refractivity contribution is 6.00. The van der Waals surface area contributed by atoms with Gasteiger partial charge in [0.05, 0.1) is 11.6 Å². The van der Waals surface area contributed by atoms with Gasteiger partial charge in [0.25, 0.3) is 0 Å². The Balaban J connectivity index is 1.63. The van der Waals surface area contributed by atoms with Crippen molar-refractivity contribution in [2.75, 3.05) is 18.0 Å². The summed E-state index contributed by atoms with van der Waals surface area (Å²) in [5, 5.41) is 11.1. The second kappa shape index (κ2) is 7.85. The zero-order valence-corrected chi connectivity index (χ0v) is 14.5. The third-order valence-electron chi connectivity index (χ3n) is 5.33. The van der Waals surface area contributed by atoms with E-state index in [-0.39, 0.29) is 30.5 Å². The van der Waals surface area contributed by atoms with Crippen LogP contribution in [0, 0.1) is 11.7 Å². The highest BCUT2D eigenvalue weighted by atomic mass is 19.1. The lowest BCUT2D eigenvalue weighted by Crippen LogP contribution is -2.39. The van der Waals surface area contributed by atoms with Gasteiger partial charge in [-0.1, -0.05) is 6.07 Å². The molecule has 0 saturated carbocycles. The number of nitrogens with zero attached hydrogens (tertiary/aromatic N) is 1. The molecule has 0 spiro atoms. The van der Waals surface area contributed by atoms with Crippen LogP contribution in [0.4, 0.5) is 10.1 Å². The summed E-state index contributed by atoms with van der Waals surface area (Å²) >= 11 is 0. The van der Waals surface area contributed by atoms with E-state index in [1.165, 1.54) is 6.07 Å². The third kappa shape index (κ3) is 4.20. The molecule has 3 rings (SSSR count). The molecule has 0 aliphatic carbocycles. The molecule has 1 aromatic carbocycles. The van der Waals surface area contributed by atoms with Gasteiger partial charge >= 0.3 is 5.97 Å². The van der Waals surface area contributed by atoms with E-state index in [0.29, 0.717) is 43.1 Å². The summed E-state index contributed by atoms with van der Waals surface area (Å²) in [7, 11) is 0. The number of carbonyl (C=O) groups is 3. The number of halogens is 1. The maximum Gasteiger partial charge on any atom is 0.303 e. The summed E-state index contributed by atoms with van der Waals surface area (Å²) in [5.74, 6) is -1.91. The zero-order chi connectivity index (χ0) is 18.7. The largest absolute Gasteiger partial charge is 0.481 e. The number of hydrogen-bond donors (Lipinski definition) is 2. The number of carboxylic acids is 1. The van der Waals surface area contributed by atoms with Gasteiger partial charge in [-0.15, -0.1) is 0 Å². The summed E-state index contributed by atoms with van der Waals surface area (Å²) in [6, 6.07) is 4.85. The Kier molecular flexibility index (Phi) is 5.54. The van der Waals surface area contributed by atoms with E-state index in [1.54, 1.807) is 12.1 Å². The molecule has 2 fully saturated rings. The Bertz CT molecular complexity index is 713. The van der Waals surface area contributed by atoms with Gasteiger partial charge in [0.1, 0.15) is 5.82 Å². The minimum atomic E-state index is -0.775. The number of rotatable bonds is 5. The van der Waals surface area contributed by atoms with Crippen molar-refractivity contribution in [3.8, 4) is 0 Å². The van der Waals surface area contributed by atoms with Gasteiger partial charge in [-0.3, -0.25) is 19.7 Å². The Hall–Kier alpha value is -2.44. The SMILES string of the molecule is O=C(O)CCC1CCN(c2ccc(C3CCC(=O)NC3=O)cc2F)CC1. The maximum atomic E-state index is 14.6. The van der Waals surface area contributed by atoms with E-state index in [9.17, 15) is 18.8 Å². The molecule has 26 heavy (non-hydrogen) atoms. The number of amides is 2. The number of carboxylic acid groups (broad SMARTS) is 1. The van der Waals surface area contributed by atoms with Crippen molar-refractivity contribution in [1.29, 1.82) is 0 Å². The number of anilines is 1. The Morgan fingerprint density at radius 1 is 1.23 bits per heavy atom. The lowest BCUT2D eigenvalue weighted by atomic mass is 9.89. The fourth-order valence-corrected chi connectivity index (χ4v) is 3.80. The molecular formula is C19H23FN2O4. The molecule has 0 radical (unpaired) electrons. The molecule has 1 unspecified atom stereocenters. The molecule has 1 atom stereocenters. The molecule has 6 nitrogen and oxygen atoms in total. The molecule has 2 aliphatic rings. The average molecular weight is 362 g/mol. The standard InChI is InChI=1S/C19H23FN2O4/c20-15-11-13(14-3-5-17(23)21-19(14)26)2-4-16(15)22-9-7-12(8-10-22)1-6-18(24)25/h2,4,11-12,14H,1,3,5-10H2,(H,24,25)(H,21,23,26). The van der Waals surface area contributed by atoms with Crippen molar-refractivity contribution in [2.45, 2.75) is 44.4 Å². The molecule has 2 aliphatic heterocycles. The molecule has 7 heteroatoms. The first kappa shape index (κ1) is 18.4. The number of nitrogens with one attached hydrogen (secondary N) is 1. The first-order valence-corrected chi connectivity index (χ1v) is 9.04. The van der Waals surface area contributed by atoms with Crippen LogP contribution in [-0.4, -0.2) is 36.0 Å². The fourth-order valence-electron chi connectivity index (χ4n) is 3.80. The van der Waals surface area contributed by atoms with E-state index in [2.05, 4.69) is 5.32 Å². The first-order valence-electron chi connectivity index (χ1n) is 9.04. The van der Waals surface area contributed by atoms with Gasteiger partial charge in [0.2, 0.25) is 11.8 Å². The van der Waals surface area contributed by atoms with Crippen molar-refractivity contribution in [2.24, 2.45) is 5.92 Å². The minimum absolute atomic E-state index is 0.180. The predicted molar refractivity (Wildman–Crippen MR) is 93.3 cm³/mol. The second-order valence-corrected chi connectivity index (χ2v) is 7.08. The van der Waals surface area contributed by atoms with Crippen LogP contribution in [0.1, 0.15) is 50.0 Å². The fraction of sp³-hybridized carbons (Fsp3) is 0.526. The highest BCUT2D eigenvalue weighted by Gasteiger charge is 2.29. The lowest BCUT2D eigenvalue weighted by Gasteiger charge is -2.34. The normalized spacial score (nSPS) is 21.6. The topological polar surface area (TPSA) is 86.7 Å². The summed E-state index contributed by atoms with van der Waals surface area (Å²) in [4.78, 5) is 35.8. The number of aliphatic carboxylic acids is 1. The van der Waals surface area contributed by atoms with Crippen LogP contribution in [0.15, 0.2) is 18.2 Å². The Morgan fingerprint density at radius 2 is 1.96 bits per heavy atom. The molecule has 2 amide bonds. The minimum Gasteiger partial charge on any atom is -0.481 e.